The van der Waals surface area contributed by atoms with E-state index < -0.39 is 0 Å². The predicted molar refractivity (Wildman–Crippen MR) is 103 cm³/mol. The highest BCUT2D eigenvalue weighted by molar-refractivity contribution is 6.03. The van der Waals surface area contributed by atoms with Crippen molar-refractivity contribution in [2.24, 2.45) is 0 Å². The maximum absolute atomic E-state index is 12.5. The highest BCUT2D eigenvalue weighted by Gasteiger charge is 2.16. The number of anilines is 1. The van der Waals surface area contributed by atoms with Gasteiger partial charge in [-0.25, -0.2) is 9.97 Å². The molecule has 0 fully saturated rings. The van der Waals surface area contributed by atoms with Gasteiger partial charge in [0.05, 0.1) is 23.8 Å². The second-order valence-electron chi connectivity index (χ2n) is 7.39. The molecular weight excluding hydrogens is 340 g/mol. The van der Waals surface area contributed by atoms with Crippen molar-refractivity contribution in [3.05, 3.63) is 72.8 Å². The Bertz CT molecular complexity index is 1090. The van der Waals surface area contributed by atoms with E-state index in [1.165, 1.54) is 0 Å². The molecular formula is C20H20N6O. The van der Waals surface area contributed by atoms with Crippen molar-refractivity contribution in [3.8, 4) is 5.69 Å². The molecule has 0 radical (unpaired) electrons. The number of pyridine rings is 2. The van der Waals surface area contributed by atoms with E-state index in [0.29, 0.717) is 11.4 Å². The molecule has 4 aromatic rings. The standard InChI is InChI=1S/C20H20N6O/c1-20(2,3)16-6-4-14(10-22-16)19(27)24-17-12-26-11-15(5-7-18(26)23-17)25-9-8-21-13-25/h4-13H,1-3H3,(H,24,27). The monoisotopic (exact) mass is 360 g/mol. The van der Waals surface area contributed by atoms with Gasteiger partial charge in [0.25, 0.3) is 5.91 Å². The molecule has 27 heavy (non-hydrogen) atoms. The van der Waals surface area contributed by atoms with Crippen LogP contribution in [0.1, 0.15) is 36.8 Å². The van der Waals surface area contributed by atoms with E-state index in [2.05, 4.69) is 41.0 Å². The third-order valence-electron chi connectivity index (χ3n) is 4.27. The Morgan fingerprint density at radius 3 is 2.63 bits per heavy atom. The molecule has 7 heteroatoms. The van der Waals surface area contributed by atoms with Gasteiger partial charge in [-0.3, -0.25) is 9.78 Å². The average molecular weight is 360 g/mol. The molecule has 4 aromatic heterocycles. The Hall–Kier alpha value is -3.48. The zero-order valence-electron chi connectivity index (χ0n) is 15.4. The number of rotatable bonds is 3. The lowest BCUT2D eigenvalue weighted by molar-refractivity contribution is 0.102. The molecule has 0 bridgehead atoms. The smallest absolute Gasteiger partial charge is 0.258 e. The minimum absolute atomic E-state index is 0.0520. The largest absolute Gasteiger partial charge is 0.305 e. The van der Waals surface area contributed by atoms with Crippen LogP contribution in [0.25, 0.3) is 11.3 Å². The van der Waals surface area contributed by atoms with Crippen LogP contribution in [0.15, 0.2) is 61.6 Å². The van der Waals surface area contributed by atoms with Crippen molar-refractivity contribution in [2.75, 3.05) is 5.32 Å². The maximum atomic E-state index is 12.5. The van der Waals surface area contributed by atoms with Crippen molar-refractivity contribution < 1.29 is 4.79 Å². The van der Waals surface area contributed by atoms with E-state index in [9.17, 15) is 4.79 Å². The average Bonchev–Trinajstić information content (AvgIpc) is 3.29. The molecule has 7 nitrogen and oxygen atoms in total. The molecule has 0 saturated carbocycles. The molecule has 0 unspecified atom stereocenters. The molecule has 136 valence electrons. The zero-order chi connectivity index (χ0) is 19.0. The molecule has 0 aliphatic rings. The number of amides is 1. The third-order valence-corrected chi connectivity index (χ3v) is 4.27. The Kier molecular flexibility index (Phi) is 3.99. The van der Waals surface area contributed by atoms with Gasteiger partial charge in [-0.1, -0.05) is 20.8 Å². The predicted octanol–water partition coefficient (Wildman–Crippen LogP) is 3.46. The van der Waals surface area contributed by atoms with Crippen molar-refractivity contribution >= 4 is 17.4 Å². The Morgan fingerprint density at radius 2 is 1.96 bits per heavy atom. The quantitative estimate of drug-likeness (QED) is 0.607. The van der Waals surface area contributed by atoms with Crippen LogP contribution < -0.4 is 5.32 Å². The Labute approximate surface area is 156 Å². The molecule has 4 heterocycles. The van der Waals surface area contributed by atoms with Crippen LogP contribution in [-0.4, -0.2) is 29.8 Å². The lowest BCUT2D eigenvalue weighted by Gasteiger charge is -2.17. The van der Waals surface area contributed by atoms with Crippen LogP contribution in [-0.2, 0) is 5.41 Å². The minimum Gasteiger partial charge on any atom is -0.305 e. The molecule has 0 aromatic carbocycles. The van der Waals surface area contributed by atoms with Gasteiger partial charge in [-0.15, -0.1) is 0 Å². The lowest BCUT2D eigenvalue weighted by Crippen LogP contribution is -2.16. The van der Waals surface area contributed by atoms with E-state index in [1.807, 2.05) is 39.6 Å². The minimum atomic E-state index is -0.235. The first-order chi connectivity index (χ1) is 12.9. The van der Waals surface area contributed by atoms with Crippen molar-refractivity contribution in [2.45, 2.75) is 26.2 Å². The number of nitrogens with zero attached hydrogens (tertiary/aromatic N) is 5. The molecule has 1 amide bonds. The summed E-state index contributed by atoms with van der Waals surface area (Å²) in [7, 11) is 0. The summed E-state index contributed by atoms with van der Waals surface area (Å²) in [5.41, 5.74) is 3.09. The van der Waals surface area contributed by atoms with Crippen LogP contribution in [0.2, 0.25) is 0 Å². The third kappa shape index (κ3) is 3.44. The zero-order valence-corrected chi connectivity index (χ0v) is 15.4. The van der Waals surface area contributed by atoms with E-state index in [-0.39, 0.29) is 11.3 Å². The van der Waals surface area contributed by atoms with Crippen LogP contribution in [0.5, 0.6) is 0 Å². The molecule has 0 atom stereocenters. The van der Waals surface area contributed by atoms with Gasteiger partial charge >= 0.3 is 0 Å². The van der Waals surface area contributed by atoms with Crippen LogP contribution in [0, 0.1) is 0 Å². The van der Waals surface area contributed by atoms with E-state index in [4.69, 9.17) is 0 Å². The van der Waals surface area contributed by atoms with Gasteiger partial charge < -0.3 is 14.3 Å². The summed E-state index contributed by atoms with van der Waals surface area (Å²) in [5, 5.41) is 2.83. The van der Waals surface area contributed by atoms with Crippen LogP contribution in [0.3, 0.4) is 0 Å². The number of nitrogens with one attached hydrogen (secondary N) is 1. The van der Waals surface area contributed by atoms with Gasteiger partial charge in [-0.2, -0.15) is 0 Å². The normalized spacial score (nSPS) is 11.7. The second kappa shape index (κ2) is 6.35. The van der Waals surface area contributed by atoms with E-state index in [1.54, 1.807) is 31.0 Å². The van der Waals surface area contributed by atoms with Crippen LogP contribution in [0.4, 0.5) is 5.82 Å². The summed E-state index contributed by atoms with van der Waals surface area (Å²) in [4.78, 5) is 25.4. The maximum Gasteiger partial charge on any atom is 0.258 e. The fourth-order valence-electron chi connectivity index (χ4n) is 2.77. The first-order valence-electron chi connectivity index (χ1n) is 8.65. The number of imidazole rings is 2. The van der Waals surface area contributed by atoms with E-state index in [0.717, 1.165) is 17.0 Å². The number of carbonyl (C=O) groups excluding carboxylic acids is 1. The topological polar surface area (TPSA) is 77.1 Å². The molecule has 0 saturated heterocycles. The first kappa shape index (κ1) is 17.0. The Morgan fingerprint density at radius 1 is 1.11 bits per heavy atom. The fraction of sp³-hybridized carbons (Fsp3) is 0.200. The van der Waals surface area contributed by atoms with Gasteiger partial charge in [0.2, 0.25) is 0 Å². The first-order valence-corrected chi connectivity index (χ1v) is 8.65. The number of hydrogen-bond acceptors (Lipinski definition) is 4. The number of fused-ring (bicyclic) bond motifs is 1. The number of hydrogen-bond donors (Lipinski definition) is 1. The summed E-state index contributed by atoms with van der Waals surface area (Å²) in [6, 6.07) is 7.52. The van der Waals surface area contributed by atoms with Crippen molar-refractivity contribution in [1.29, 1.82) is 0 Å². The van der Waals surface area contributed by atoms with Crippen molar-refractivity contribution in [3.63, 3.8) is 0 Å². The summed E-state index contributed by atoms with van der Waals surface area (Å²) in [5.74, 6) is 0.254. The summed E-state index contributed by atoms with van der Waals surface area (Å²) in [6.45, 7) is 6.26. The van der Waals surface area contributed by atoms with E-state index >= 15 is 0 Å². The Balaban J connectivity index is 1.55. The summed E-state index contributed by atoms with van der Waals surface area (Å²) >= 11 is 0. The summed E-state index contributed by atoms with van der Waals surface area (Å²) < 4.78 is 3.77. The second-order valence-corrected chi connectivity index (χ2v) is 7.39. The highest BCUT2D eigenvalue weighted by atomic mass is 16.1. The molecule has 4 rings (SSSR count). The molecule has 1 N–H and O–H groups in total. The highest BCUT2D eigenvalue weighted by Crippen LogP contribution is 2.20. The summed E-state index contributed by atoms with van der Waals surface area (Å²) in [6.07, 6.45) is 10.6. The SMILES string of the molecule is CC(C)(C)c1ccc(C(=O)Nc2cn3cc(-n4ccnc4)ccc3n2)cn1. The van der Waals surface area contributed by atoms with Crippen LogP contribution >= 0.6 is 0 Å². The van der Waals surface area contributed by atoms with Gasteiger partial charge in [0.15, 0.2) is 5.82 Å². The molecule has 0 aliphatic heterocycles. The molecule has 0 aliphatic carbocycles. The van der Waals surface area contributed by atoms with Gasteiger partial charge in [-0.05, 0) is 24.3 Å². The molecule has 0 spiro atoms. The van der Waals surface area contributed by atoms with Gasteiger partial charge in [0, 0.05) is 35.9 Å². The van der Waals surface area contributed by atoms with Crippen molar-refractivity contribution in [1.82, 2.24) is 23.9 Å². The number of aromatic nitrogens is 5. The van der Waals surface area contributed by atoms with Gasteiger partial charge in [0.1, 0.15) is 5.65 Å². The lowest BCUT2D eigenvalue weighted by atomic mass is 9.91. The number of carbonyl (C=O) groups is 1. The fourth-order valence-corrected chi connectivity index (χ4v) is 2.77.